The molecule has 1 N–H and O–H groups in total. The molecule has 21 heavy (non-hydrogen) atoms. The zero-order chi connectivity index (χ0) is 14.8. The van der Waals surface area contributed by atoms with Gasteiger partial charge in [-0.15, -0.1) is 0 Å². The first-order valence-electron chi connectivity index (χ1n) is 8.31. The Morgan fingerprint density at radius 2 is 1.90 bits per heavy atom. The number of nitrogens with zero attached hydrogens (tertiary/aromatic N) is 2. The van der Waals surface area contributed by atoms with Crippen LogP contribution in [0.2, 0.25) is 0 Å². The molecule has 0 aromatic carbocycles. The van der Waals surface area contributed by atoms with E-state index in [9.17, 15) is 9.90 Å². The van der Waals surface area contributed by atoms with Crippen molar-refractivity contribution in [1.29, 1.82) is 0 Å². The van der Waals surface area contributed by atoms with Crippen molar-refractivity contribution in [3.8, 4) is 5.75 Å². The highest BCUT2D eigenvalue weighted by molar-refractivity contribution is 5.21. The Kier molecular flexibility index (Phi) is 4.34. The second kappa shape index (κ2) is 6.22. The number of aromatic hydroxyl groups is 1. The van der Waals surface area contributed by atoms with E-state index in [2.05, 4.69) is 16.4 Å². The van der Waals surface area contributed by atoms with Crippen molar-refractivity contribution in [2.24, 2.45) is 5.92 Å². The fourth-order valence-corrected chi connectivity index (χ4v) is 3.89. The van der Waals surface area contributed by atoms with E-state index in [0.29, 0.717) is 12.0 Å². The fraction of sp³-hybridized carbons (Fsp3) is 0.706. The summed E-state index contributed by atoms with van der Waals surface area (Å²) in [4.78, 5) is 14.3. The molecule has 4 heteroatoms. The summed E-state index contributed by atoms with van der Waals surface area (Å²) in [6.07, 6.45) is 9.11. The minimum atomic E-state index is -0.246. The summed E-state index contributed by atoms with van der Waals surface area (Å²) in [6.45, 7) is 5.36. The Bertz CT molecular complexity index is 546. The third-order valence-corrected chi connectivity index (χ3v) is 5.15. The molecule has 2 aliphatic rings. The quantitative estimate of drug-likeness (QED) is 0.931. The summed E-state index contributed by atoms with van der Waals surface area (Å²) in [5, 5.41) is 9.86. The Morgan fingerprint density at radius 3 is 2.62 bits per heavy atom. The molecule has 1 aliphatic heterocycles. The normalized spacial score (nSPS) is 27.1. The standard InChI is InChI=1S/C17H26N2O2/c1-13-6-2-3-7-15(13)19-12-17(21)16(20)10-14(19)11-18-8-4-5-9-18/h10,12-13,15,21H,2-9,11H2,1H3. The molecule has 3 rings (SSSR count). The van der Waals surface area contributed by atoms with Crippen molar-refractivity contribution in [1.82, 2.24) is 9.47 Å². The molecular formula is C17H26N2O2. The SMILES string of the molecule is CC1CCCCC1n1cc(O)c(=O)cc1CN1CCCC1. The molecule has 2 atom stereocenters. The first kappa shape index (κ1) is 14.6. The Hall–Kier alpha value is -1.29. The smallest absolute Gasteiger partial charge is 0.223 e. The maximum absolute atomic E-state index is 11.8. The topological polar surface area (TPSA) is 45.5 Å². The molecule has 0 radical (unpaired) electrons. The van der Waals surface area contributed by atoms with E-state index in [1.807, 2.05) is 0 Å². The van der Waals surface area contributed by atoms with Crippen molar-refractivity contribution in [3.05, 3.63) is 28.2 Å². The summed E-state index contributed by atoms with van der Waals surface area (Å²) >= 11 is 0. The van der Waals surface area contributed by atoms with Crippen LogP contribution in [0.25, 0.3) is 0 Å². The number of pyridine rings is 1. The summed E-state index contributed by atoms with van der Waals surface area (Å²) < 4.78 is 2.19. The van der Waals surface area contributed by atoms with Gasteiger partial charge >= 0.3 is 0 Å². The van der Waals surface area contributed by atoms with Crippen LogP contribution >= 0.6 is 0 Å². The Balaban J connectivity index is 1.92. The molecule has 4 nitrogen and oxygen atoms in total. The predicted octanol–water partition coefficient (Wildman–Crippen LogP) is 2.90. The lowest BCUT2D eigenvalue weighted by Crippen LogP contribution is -2.28. The van der Waals surface area contributed by atoms with E-state index in [1.165, 1.54) is 32.1 Å². The molecule has 0 amide bonds. The molecule has 116 valence electrons. The van der Waals surface area contributed by atoms with Gasteiger partial charge in [0.2, 0.25) is 5.43 Å². The van der Waals surface area contributed by atoms with Crippen LogP contribution in [0.4, 0.5) is 0 Å². The Morgan fingerprint density at radius 1 is 1.19 bits per heavy atom. The summed E-state index contributed by atoms with van der Waals surface area (Å²) in [6, 6.07) is 2.07. The van der Waals surface area contributed by atoms with E-state index in [1.54, 1.807) is 12.3 Å². The molecule has 1 aromatic rings. The van der Waals surface area contributed by atoms with Crippen LogP contribution in [0.15, 0.2) is 17.1 Å². The van der Waals surface area contributed by atoms with Gasteiger partial charge in [0.25, 0.3) is 0 Å². The number of hydrogen-bond donors (Lipinski definition) is 1. The monoisotopic (exact) mass is 290 g/mol. The van der Waals surface area contributed by atoms with Crippen molar-refractivity contribution in [2.75, 3.05) is 13.1 Å². The van der Waals surface area contributed by atoms with Crippen LogP contribution in [-0.2, 0) is 6.54 Å². The summed E-state index contributed by atoms with van der Waals surface area (Å²) in [5.41, 5.74) is 0.822. The summed E-state index contributed by atoms with van der Waals surface area (Å²) in [5.74, 6) is 0.496. The zero-order valence-corrected chi connectivity index (χ0v) is 12.9. The first-order valence-corrected chi connectivity index (χ1v) is 8.31. The van der Waals surface area contributed by atoms with E-state index in [0.717, 1.165) is 31.7 Å². The van der Waals surface area contributed by atoms with E-state index >= 15 is 0 Å². The highest BCUT2D eigenvalue weighted by atomic mass is 16.3. The van der Waals surface area contributed by atoms with E-state index < -0.39 is 0 Å². The maximum Gasteiger partial charge on any atom is 0.223 e. The lowest BCUT2D eigenvalue weighted by Gasteiger charge is -2.33. The van der Waals surface area contributed by atoms with Crippen molar-refractivity contribution in [3.63, 3.8) is 0 Å². The highest BCUT2D eigenvalue weighted by Gasteiger charge is 2.25. The van der Waals surface area contributed by atoms with Gasteiger partial charge < -0.3 is 9.67 Å². The second-order valence-corrected chi connectivity index (χ2v) is 6.73. The molecule has 1 saturated carbocycles. The molecule has 1 aliphatic carbocycles. The zero-order valence-electron chi connectivity index (χ0n) is 12.9. The third kappa shape index (κ3) is 3.15. The lowest BCUT2D eigenvalue weighted by molar-refractivity contribution is 0.237. The number of aromatic nitrogens is 1. The maximum atomic E-state index is 11.8. The number of hydrogen-bond acceptors (Lipinski definition) is 3. The molecule has 1 saturated heterocycles. The fourth-order valence-electron chi connectivity index (χ4n) is 3.89. The van der Waals surface area contributed by atoms with Gasteiger partial charge in [-0.25, -0.2) is 0 Å². The molecule has 2 fully saturated rings. The molecule has 2 heterocycles. The number of likely N-dealkylation sites (tertiary alicyclic amines) is 1. The van der Waals surface area contributed by atoms with Crippen molar-refractivity contribution < 1.29 is 5.11 Å². The van der Waals surface area contributed by atoms with Crippen LogP contribution < -0.4 is 5.43 Å². The van der Waals surface area contributed by atoms with Gasteiger partial charge in [-0.1, -0.05) is 19.8 Å². The highest BCUT2D eigenvalue weighted by Crippen LogP contribution is 2.35. The van der Waals surface area contributed by atoms with Crippen LogP contribution in [0.1, 0.15) is 57.2 Å². The van der Waals surface area contributed by atoms with Gasteiger partial charge in [-0.3, -0.25) is 9.69 Å². The second-order valence-electron chi connectivity index (χ2n) is 6.73. The van der Waals surface area contributed by atoms with Gasteiger partial charge in [-0.2, -0.15) is 0 Å². The molecular weight excluding hydrogens is 264 g/mol. The van der Waals surface area contributed by atoms with Gasteiger partial charge in [0.1, 0.15) is 0 Å². The molecule has 0 spiro atoms. The van der Waals surface area contributed by atoms with Crippen LogP contribution in [0.5, 0.6) is 5.75 Å². The summed E-state index contributed by atoms with van der Waals surface area (Å²) in [7, 11) is 0. The first-order chi connectivity index (χ1) is 10.1. The van der Waals surface area contributed by atoms with Crippen molar-refractivity contribution >= 4 is 0 Å². The minimum absolute atomic E-state index is 0.113. The van der Waals surface area contributed by atoms with E-state index in [-0.39, 0.29) is 11.2 Å². The van der Waals surface area contributed by atoms with Gasteiger partial charge in [-0.05, 0) is 44.7 Å². The van der Waals surface area contributed by atoms with E-state index in [4.69, 9.17) is 0 Å². The third-order valence-electron chi connectivity index (χ3n) is 5.15. The average Bonchev–Trinajstić information content (AvgIpc) is 2.96. The van der Waals surface area contributed by atoms with Gasteiger partial charge in [0.15, 0.2) is 5.75 Å². The van der Waals surface area contributed by atoms with Crippen LogP contribution in [0.3, 0.4) is 0 Å². The molecule has 1 aromatic heterocycles. The minimum Gasteiger partial charge on any atom is -0.503 e. The average molecular weight is 290 g/mol. The van der Waals surface area contributed by atoms with Crippen molar-refractivity contribution in [2.45, 2.75) is 58.0 Å². The Labute approximate surface area is 126 Å². The van der Waals surface area contributed by atoms with Gasteiger partial charge in [0, 0.05) is 24.3 Å². The largest absolute Gasteiger partial charge is 0.503 e. The molecule has 2 unspecified atom stereocenters. The lowest BCUT2D eigenvalue weighted by atomic mass is 9.85. The van der Waals surface area contributed by atoms with Crippen LogP contribution in [-0.4, -0.2) is 27.7 Å². The molecule has 0 bridgehead atoms. The predicted molar refractivity (Wildman–Crippen MR) is 83.5 cm³/mol. The van der Waals surface area contributed by atoms with Gasteiger partial charge in [0.05, 0.1) is 6.20 Å². The number of rotatable bonds is 3. The van der Waals surface area contributed by atoms with Crippen LogP contribution in [0, 0.1) is 5.92 Å².